The Hall–Kier alpha value is -3.05. The summed E-state index contributed by atoms with van der Waals surface area (Å²) in [6, 6.07) is 23.6. The molecule has 0 aliphatic heterocycles. The number of carbonyl (C=O) groups is 2. The number of amides is 1. The maximum atomic E-state index is 13.7. The Morgan fingerprint density at radius 2 is 1.24 bits per heavy atom. The van der Waals surface area contributed by atoms with Crippen molar-refractivity contribution in [3.8, 4) is 0 Å². The molecule has 0 saturated heterocycles. The van der Waals surface area contributed by atoms with Crippen molar-refractivity contribution in [1.82, 2.24) is 0 Å². The van der Waals surface area contributed by atoms with Crippen LogP contribution in [0.5, 0.6) is 0 Å². The first-order valence-corrected chi connectivity index (χ1v) is 9.12. The summed E-state index contributed by atoms with van der Waals surface area (Å²) < 4.78 is 17.8. The molecule has 0 spiro atoms. The molecule has 0 heterocycles. The zero-order valence-corrected chi connectivity index (χ0v) is 14.1. The molecule has 124 valence electrons. The van der Waals surface area contributed by atoms with Gasteiger partial charge in [-0.15, -0.1) is 4.36 Å². The van der Waals surface area contributed by atoms with Gasteiger partial charge in [0.25, 0.3) is 5.91 Å². The lowest BCUT2D eigenvalue weighted by atomic mass is 10.1. The Kier molecular flexibility index (Phi) is 4.86. The Morgan fingerprint density at radius 3 is 1.76 bits per heavy atom. The van der Waals surface area contributed by atoms with Crippen molar-refractivity contribution in [2.45, 2.75) is 9.79 Å². The fraction of sp³-hybridized carbons (Fsp3) is 0. The number of hydrogen-bond donors (Lipinski definition) is 0. The summed E-state index contributed by atoms with van der Waals surface area (Å²) in [6.07, 6.45) is 0.593. The number of carbonyl (C=O) groups excluding carboxylic acids is 2. The van der Waals surface area contributed by atoms with Crippen LogP contribution in [0.25, 0.3) is 0 Å². The van der Waals surface area contributed by atoms with E-state index in [-0.39, 0.29) is 11.1 Å². The van der Waals surface area contributed by atoms with E-state index < -0.39 is 15.6 Å². The van der Waals surface area contributed by atoms with Gasteiger partial charge in [0.2, 0.25) is 0 Å². The largest absolute Gasteiger partial charge is 0.298 e. The second kappa shape index (κ2) is 7.23. The molecule has 3 aromatic rings. The third-order valence-electron chi connectivity index (χ3n) is 3.66. The van der Waals surface area contributed by atoms with Crippen LogP contribution in [-0.4, -0.2) is 16.4 Å². The monoisotopic (exact) mass is 349 g/mol. The first-order valence-electron chi connectivity index (χ1n) is 7.61. The minimum absolute atomic E-state index is 0.136. The normalized spacial score (nSPS) is 10.9. The minimum atomic E-state index is -3.16. The first-order chi connectivity index (χ1) is 12.1. The lowest BCUT2D eigenvalue weighted by Crippen LogP contribution is -2.08. The Bertz CT molecular complexity index is 976. The summed E-state index contributed by atoms with van der Waals surface area (Å²) in [6.45, 7) is 0. The third-order valence-corrected chi connectivity index (χ3v) is 5.90. The van der Waals surface area contributed by atoms with Gasteiger partial charge in [-0.25, -0.2) is 4.21 Å². The molecule has 0 N–H and O–H groups in total. The summed E-state index contributed by atoms with van der Waals surface area (Å²) in [4.78, 5) is 24.7. The lowest BCUT2D eigenvalue weighted by Gasteiger charge is -2.10. The molecule has 25 heavy (non-hydrogen) atoms. The average Bonchev–Trinajstić information content (AvgIpc) is 2.69. The molecular formula is C20H15NO3S. The van der Waals surface area contributed by atoms with Gasteiger partial charge in [0.05, 0.1) is 15.4 Å². The molecule has 1 amide bonds. The van der Waals surface area contributed by atoms with Crippen molar-refractivity contribution >= 4 is 21.9 Å². The van der Waals surface area contributed by atoms with Crippen molar-refractivity contribution in [1.29, 1.82) is 0 Å². The molecule has 0 aliphatic carbocycles. The number of hydrogen-bond acceptors (Lipinski definition) is 3. The highest BCUT2D eigenvalue weighted by atomic mass is 32.2. The fourth-order valence-electron chi connectivity index (χ4n) is 2.41. The molecule has 0 aromatic heterocycles. The highest BCUT2D eigenvalue weighted by Crippen LogP contribution is 2.24. The van der Waals surface area contributed by atoms with Crippen LogP contribution in [0, 0.1) is 0 Å². The number of benzene rings is 3. The highest BCUT2D eigenvalue weighted by molar-refractivity contribution is 7.94. The van der Waals surface area contributed by atoms with E-state index in [4.69, 9.17) is 0 Å². The van der Waals surface area contributed by atoms with Gasteiger partial charge in [-0.1, -0.05) is 54.6 Å². The molecule has 3 aromatic carbocycles. The predicted octanol–water partition coefficient (Wildman–Crippen LogP) is 4.23. The van der Waals surface area contributed by atoms with E-state index in [9.17, 15) is 13.8 Å². The van der Waals surface area contributed by atoms with E-state index in [0.29, 0.717) is 16.1 Å². The zero-order chi connectivity index (χ0) is 17.7. The summed E-state index contributed by atoms with van der Waals surface area (Å²) in [5.41, 5.74) is 0.358. The van der Waals surface area contributed by atoms with E-state index in [1.54, 1.807) is 72.8 Å². The van der Waals surface area contributed by atoms with Crippen LogP contribution in [-0.2, 0) is 9.73 Å². The summed E-state index contributed by atoms with van der Waals surface area (Å²) in [5.74, 6) is -0.680. The molecule has 3 rings (SSSR count). The zero-order valence-electron chi connectivity index (χ0n) is 13.2. The second-order valence-electron chi connectivity index (χ2n) is 5.25. The molecule has 0 unspecified atom stereocenters. The first kappa shape index (κ1) is 16.8. The average molecular weight is 349 g/mol. The van der Waals surface area contributed by atoms with Crippen LogP contribution < -0.4 is 0 Å². The van der Waals surface area contributed by atoms with Crippen LogP contribution in [0.4, 0.5) is 0 Å². The molecule has 4 nitrogen and oxygen atoms in total. The van der Waals surface area contributed by atoms with E-state index in [1.807, 2.05) is 0 Å². The molecule has 0 atom stereocenters. The fourth-order valence-corrected chi connectivity index (χ4v) is 4.28. The number of nitrogens with zero attached hydrogens (tertiary/aromatic N) is 1. The van der Waals surface area contributed by atoms with Gasteiger partial charge in [0.1, 0.15) is 9.73 Å². The van der Waals surface area contributed by atoms with E-state index >= 15 is 0 Å². The Balaban J connectivity index is 2.22. The highest BCUT2D eigenvalue weighted by Gasteiger charge is 2.19. The second-order valence-corrected chi connectivity index (χ2v) is 7.43. The van der Waals surface area contributed by atoms with Crippen molar-refractivity contribution < 1.29 is 13.8 Å². The Morgan fingerprint density at radius 1 is 0.760 bits per heavy atom. The van der Waals surface area contributed by atoms with Gasteiger partial charge >= 0.3 is 0 Å². The maximum absolute atomic E-state index is 13.7. The van der Waals surface area contributed by atoms with Gasteiger partial charge in [-0.2, -0.15) is 0 Å². The van der Waals surface area contributed by atoms with Crippen molar-refractivity contribution in [3.63, 3.8) is 0 Å². The summed E-state index contributed by atoms with van der Waals surface area (Å²) in [5, 5.41) is 0. The van der Waals surface area contributed by atoms with Gasteiger partial charge in [0, 0.05) is 5.56 Å². The van der Waals surface area contributed by atoms with Crippen LogP contribution in [0.15, 0.2) is 99.1 Å². The van der Waals surface area contributed by atoms with Gasteiger partial charge in [0.15, 0.2) is 6.29 Å². The van der Waals surface area contributed by atoms with E-state index in [1.165, 1.54) is 12.1 Å². The molecular weight excluding hydrogens is 334 g/mol. The van der Waals surface area contributed by atoms with Gasteiger partial charge < -0.3 is 0 Å². The van der Waals surface area contributed by atoms with Crippen LogP contribution in [0.2, 0.25) is 0 Å². The van der Waals surface area contributed by atoms with Crippen LogP contribution in [0.3, 0.4) is 0 Å². The van der Waals surface area contributed by atoms with Crippen LogP contribution in [0.1, 0.15) is 20.7 Å². The third kappa shape index (κ3) is 3.41. The predicted molar refractivity (Wildman–Crippen MR) is 96.1 cm³/mol. The molecule has 0 aliphatic rings. The van der Waals surface area contributed by atoms with Crippen molar-refractivity contribution in [2.24, 2.45) is 4.36 Å². The molecule has 0 bridgehead atoms. The van der Waals surface area contributed by atoms with Crippen LogP contribution >= 0.6 is 0 Å². The Labute approximate surface area is 146 Å². The van der Waals surface area contributed by atoms with E-state index in [0.717, 1.165) is 0 Å². The number of rotatable bonds is 4. The molecule has 0 saturated carbocycles. The van der Waals surface area contributed by atoms with Crippen molar-refractivity contribution in [3.05, 3.63) is 96.1 Å². The standard InChI is InChI=1S/C20H15NO3S/c22-15-16-9-7-8-14-19(16)20(23)21-25(24,17-10-3-1-4-11-17)18-12-5-2-6-13-18/h1-15H. The topological polar surface area (TPSA) is 63.6 Å². The van der Waals surface area contributed by atoms with Crippen molar-refractivity contribution in [2.75, 3.05) is 0 Å². The molecule has 5 heteroatoms. The van der Waals surface area contributed by atoms with E-state index in [2.05, 4.69) is 4.36 Å². The minimum Gasteiger partial charge on any atom is -0.298 e. The molecule has 0 radical (unpaired) electrons. The quantitative estimate of drug-likeness (QED) is 0.662. The van der Waals surface area contributed by atoms with Gasteiger partial charge in [-0.3, -0.25) is 9.59 Å². The SMILES string of the molecule is O=Cc1ccccc1C(=O)N=S(=O)(c1ccccc1)c1ccccc1. The lowest BCUT2D eigenvalue weighted by molar-refractivity contribution is 0.0997. The molecule has 0 fully saturated rings. The maximum Gasteiger partial charge on any atom is 0.286 e. The smallest absolute Gasteiger partial charge is 0.286 e. The van der Waals surface area contributed by atoms with Gasteiger partial charge in [-0.05, 0) is 30.3 Å². The summed E-state index contributed by atoms with van der Waals surface area (Å²) >= 11 is 0. The number of aldehydes is 1. The summed E-state index contributed by atoms with van der Waals surface area (Å²) in [7, 11) is -3.16.